The quantitative estimate of drug-likeness (QED) is 0.629. The van der Waals surface area contributed by atoms with Crippen LogP contribution in [0.15, 0.2) is 16.6 Å². The maximum absolute atomic E-state index is 8.55. The minimum atomic E-state index is -1.48. The van der Waals surface area contributed by atoms with Gasteiger partial charge in [0.2, 0.25) is 5.66 Å². The van der Waals surface area contributed by atoms with Gasteiger partial charge in [-0.05, 0) is 22.0 Å². The van der Waals surface area contributed by atoms with Crippen molar-refractivity contribution in [1.29, 1.82) is 10.5 Å². The lowest BCUT2D eigenvalue weighted by atomic mass is 10.1. The Kier molecular flexibility index (Phi) is 1.77. The highest BCUT2D eigenvalue weighted by atomic mass is 79.9. The second-order valence-corrected chi connectivity index (χ2v) is 2.80. The van der Waals surface area contributed by atoms with Gasteiger partial charge in [0.05, 0.1) is 11.6 Å². The molecule has 1 aliphatic rings. The largest absolute Gasteiger partial charge is 0.290 e. The molecule has 0 aromatic carbocycles. The highest BCUT2D eigenvalue weighted by Crippen LogP contribution is 2.22. The second kappa shape index (κ2) is 2.46. The molecule has 0 aromatic rings. The van der Waals surface area contributed by atoms with Gasteiger partial charge in [0, 0.05) is 0 Å². The molecular formula is C6H3BrN4. The summed E-state index contributed by atoms with van der Waals surface area (Å²) in [6.07, 6.45) is 1.43. The molecule has 0 fully saturated rings. The van der Waals surface area contributed by atoms with Gasteiger partial charge < -0.3 is 0 Å². The van der Waals surface area contributed by atoms with Crippen LogP contribution in [-0.2, 0) is 0 Å². The van der Waals surface area contributed by atoms with E-state index in [9.17, 15) is 0 Å². The highest BCUT2D eigenvalue weighted by molar-refractivity contribution is 9.18. The Morgan fingerprint density at radius 3 is 2.64 bits per heavy atom. The zero-order chi connectivity index (χ0) is 8.48. The summed E-state index contributed by atoms with van der Waals surface area (Å²) in [6.45, 7) is 0. The van der Waals surface area contributed by atoms with Crippen molar-refractivity contribution in [3.05, 3.63) is 11.6 Å². The molecule has 0 radical (unpaired) electrons. The van der Waals surface area contributed by atoms with Crippen LogP contribution in [0, 0.1) is 22.7 Å². The highest BCUT2D eigenvalue weighted by Gasteiger charge is 2.33. The molecule has 1 atom stereocenters. The predicted octanol–water partition coefficient (Wildman–Crippen LogP) is 0.422. The van der Waals surface area contributed by atoms with E-state index in [0.29, 0.717) is 4.62 Å². The van der Waals surface area contributed by atoms with Crippen LogP contribution < -0.4 is 5.73 Å². The molecule has 1 heterocycles. The minimum absolute atomic E-state index is 0.159. The monoisotopic (exact) mass is 210 g/mol. The first-order chi connectivity index (χ1) is 5.12. The van der Waals surface area contributed by atoms with Crippen LogP contribution in [0.3, 0.4) is 0 Å². The molecule has 1 unspecified atom stereocenters. The summed E-state index contributed by atoms with van der Waals surface area (Å²) in [5.41, 5.74) is 4.11. The Morgan fingerprint density at radius 1 is 1.64 bits per heavy atom. The lowest BCUT2D eigenvalue weighted by Gasteiger charge is -2.08. The number of aliphatic imine (C=N–C) groups is 1. The third kappa shape index (κ3) is 1.16. The lowest BCUT2D eigenvalue weighted by Crippen LogP contribution is -2.35. The number of nitriles is 2. The predicted molar refractivity (Wildman–Crippen MR) is 42.6 cm³/mol. The Labute approximate surface area is 71.8 Å². The van der Waals surface area contributed by atoms with Crippen molar-refractivity contribution >= 4 is 20.6 Å². The van der Waals surface area contributed by atoms with Gasteiger partial charge in [0.25, 0.3) is 0 Å². The van der Waals surface area contributed by atoms with Gasteiger partial charge in [0.1, 0.15) is 10.7 Å². The summed E-state index contributed by atoms with van der Waals surface area (Å²) in [6, 6.07) is 3.55. The van der Waals surface area contributed by atoms with Crippen molar-refractivity contribution in [2.75, 3.05) is 0 Å². The average molecular weight is 211 g/mol. The third-order valence-corrected chi connectivity index (χ3v) is 1.65. The number of hydrogen-bond acceptors (Lipinski definition) is 4. The summed E-state index contributed by atoms with van der Waals surface area (Å²) < 4.78 is 0.429. The van der Waals surface area contributed by atoms with Crippen LogP contribution in [-0.4, -0.2) is 10.3 Å². The van der Waals surface area contributed by atoms with E-state index in [1.165, 1.54) is 6.08 Å². The number of halogens is 1. The first kappa shape index (κ1) is 7.93. The normalized spacial score (nSPS) is 28.4. The molecule has 54 valence electrons. The maximum Gasteiger partial charge on any atom is 0.232 e. The molecule has 4 nitrogen and oxygen atoms in total. The Bertz CT molecular complexity index is 329. The molecule has 0 bridgehead atoms. The number of nitrogens with zero attached hydrogens (tertiary/aromatic N) is 3. The van der Waals surface area contributed by atoms with Crippen molar-refractivity contribution in [2.24, 2.45) is 10.7 Å². The van der Waals surface area contributed by atoms with E-state index >= 15 is 0 Å². The van der Waals surface area contributed by atoms with Gasteiger partial charge in [-0.25, -0.2) is 4.99 Å². The van der Waals surface area contributed by atoms with E-state index in [1.807, 2.05) is 0 Å². The number of hydrogen-bond donors (Lipinski definition) is 1. The molecule has 0 aliphatic carbocycles. The SMILES string of the molecule is N#CC1=CC(Br)=NC1(N)C#N. The van der Waals surface area contributed by atoms with E-state index in [-0.39, 0.29) is 5.57 Å². The molecule has 1 rings (SSSR count). The minimum Gasteiger partial charge on any atom is -0.290 e. The maximum atomic E-state index is 8.55. The first-order valence-electron chi connectivity index (χ1n) is 2.70. The molecule has 11 heavy (non-hydrogen) atoms. The Hall–Kier alpha value is -1.17. The van der Waals surface area contributed by atoms with E-state index in [0.717, 1.165) is 0 Å². The summed E-state index contributed by atoms with van der Waals surface area (Å²) in [5, 5.41) is 17.1. The van der Waals surface area contributed by atoms with Crippen LogP contribution in [0.2, 0.25) is 0 Å². The first-order valence-corrected chi connectivity index (χ1v) is 3.49. The van der Waals surface area contributed by atoms with Crippen LogP contribution >= 0.6 is 15.9 Å². The van der Waals surface area contributed by atoms with Crippen molar-refractivity contribution in [2.45, 2.75) is 5.66 Å². The van der Waals surface area contributed by atoms with Crippen molar-refractivity contribution in [3.63, 3.8) is 0 Å². The summed E-state index contributed by atoms with van der Waals surface area (Å²) in [5.74, 6) is 0. The van der Waals surface area contributed by atoms with Gasteiger partial charge in [-0.15, -0.1) is 0 Å². The Morgan fingerprint density at radius 2 is 2.27 bits per heavy atom. The van der Waals surface area contributed by atoms with Gasteiger partial charge in [-0.2, -0.15) is 10.5 Å². The van der Waals surface area contributed by atoms with E-state index in [2.05, 4.69) is 20.9 Å². The number of rotatable bonds is 0. The second-order valence-electron chi connectivity index (χ2n) is 1.98. The Balaban J connectivity index is 3.16. The zero-order valence-electron chi connectivity index (χ0n) is 5.37. The van der Waals surface area contributed by atoms with Gasteiger partial charge in [-0.1, -0.05) is 0 Å². The molecule has 0 spiro atoms. The lowest BCUT2D eigenvalue weighted by molar-refractivity contribution is 0.701. The van der Waals surface area contributed by atoms with E-state index in [1.54, 1.807) is 12.1 Å². The smallest absolute Gasteiger partial charge is 0.232 e. The fourth-order valence-corrected chi connectivity index (χ4v) is 1.20. The van der Waals surface area contributed by atoms with Crippen molar-refractivity contribution < 1.29 is 0 Å². The van der Waals surface area contributed by atoms with Crippen LogP contribution in [0.5, 0.6) is 0 Å². The molecule has 0 saturated heterocycles. The van der Waals surface area contributed by atoms with Crippen molar-refractivity contribution in [3.8, 4) is 12.1 Å². The summed E-state index contributed by atoms with van der Waals surface area (Å²) in [7, 11) is 0. The van der Waals surface area contributed by atoms with Crippen molar-refractivity contribution in [1.82, 2.24) is 0 Å². The molecule has 5 heteroatoms. The van der Waals surface area contributed by atoms with Crippen LogP contribution in [0.4, 0.5) is 0 Å². The molecule has 0 aromatic heterocycles. The van der Waals surface area contributed by atoms with Gasteiger partial charge in [0.15, 0.2) is 0 Å². The summed E-state index contributed by atoms with van der Waals surface area (Å²) in [4.78, 5) is 3.73. The fraction of sp³-hybridized carbons (Fsp3) is 0.167. The van der Waals surface area contributed by atoms with Gasteiger partial charge in [-0.3, -0.25) is 5.73 Å². The average Bonchev–Trinajstić information content (AvgIpc) is 2.27. The van der Waals surface area contributed by atoms with Gasteiger partial charge >= 0.3 is 0 Å². The zero-order valence-corrected chi connectivity index (χ0v) is 6.96. The molecule has 2 N–H and O–H groups in total. The third-order valence-electron chi connectivity index (χ3n) is 1.25. The molecular weight excluding hydrogens is 208 g/mol. The molecule has 0 amide bonds. The topological polar surface area (TPSA) is 86.0 Å². The van der Waals surface area contributed by atoms with Crippen LogP contribution in [0.25, 0.3) is 0 Å². The van der Waals surface area contributed by atoms with Crippen LogP contribution in [0.1, 0.15) is 0 Å². The van der Waals surface area contributed by atoms with E-state index < -0.39 is 5.66 Å². The number of allylic oxidation sites excluding steroid dienone is 1. The summed E-state index contributed by atoms with van der Waals surface area (Å²) >= 11 is 3.03. The fourth-order valence-electron chi connectivity index (χ4n) is 0.693. The molecule has 0 saturated carbocycles. The standard InChI is InChI=1S/C6H3BrN4/c7-5-1-4(2-8)6(10,3-9)11-5/h1H,10H2. The molecule has 1 aliphatic heterocycles. The number of nitrogens with two attached hydrogens (primary N) is 1. The van der Waals surface area contributed by atoms with E-state index in [4.69, 9.17) is 16.3 Å².